The Morgan fingerprint density at radius 3 is 2.40 bits per heavy atom. The third-order valence-electron chi connectivity index (χ3n) is 1.68. The molecule has 1 saturated heterocycles. The van der Waals surface area contributed by atoms with Crippen molar-refractivity contribution in [1.82, 2.24) is 4.81 Å². The van der Waals surface area contributed by atoms with Crippen LogP contribution in [0.4, 0.5) is 4.79 Å². The normalized spacial score (nSPS) is 20.4. The number of hydrogen-bond donors (Lipinski definition) is 1. The molecule has 0 aliphatic carbocycles. The molecule has 1 N–H and O–H groups in total. The third kappa shape index (κ3) is 2.39. The molecule has 3 nitrogen and oxygen atoms in total. The molecule has 1 heterocycles. The van der Waals surface area contributed by atoms with E-state index in [1.54, 1.807) is 0 Å². The van der Waals surface area contributed by atoms with E-state index in [4.69, 9.17) is 5.11 Å². The van der Waals surface area contributed by atoms with Gasteiger partial charge in [-0.2, -0.15) is 0 Å². The number of hydrogen-bond acceptors (Lipinski definition) is 2. The summed E-state index contributed by atoms with van der Waals surface area (Å²) in [7, 11) is 1.28. The summed E-state index contributed by atoms with van der Waals surface area (Å²) in [6, 6.07) is 0. The van der Waals surface area contributed by atoms with Gasteiger partial charge in [-0.05, 0) is 25.9 Å². The van der Waals surface area contributed by atoms with Gasteiger partial charge in [-0.3, -0.25) is 4.79 Å². The van der Waals surface area contributed by atoms with Gasteiger partial charge in [0.05, 0.1) is 0 Å². The van der Waals surface area contributed by atoms with Gasteiger partial charge in [0.2, 0.25) is 0 Å². The predicted molar refractivity (Wildman–Crippen MR) is 39.2 cm³/mol. The van der Waals surface area contributed by atoms with Gasteiger partial charge in [-0.25, -0.2) is 0 Å². The van der Waals surface area contributed by atoms with E-state index >= 15 is 0 Å². The fourth-order valence-corrected chi connectivity index (χ4v) is 1.20. The van der Waals surface area contributed by atoms with E-state index in [0.717, 1.165) is 25.9 Å². The van der Waals surface area contributed by atoms with Crippen LogP contribution in [0, 0.1) is 0 Å². The molecule has 0 saturated carbocycles. The van der Waals surface area contributed by atoms with Crippen LogP contribution in [0.15, 0.2) is 0 Å². The van der Waals surface area contributed by atoms with Crippen molar-refractivity contribution >= 4 is 13.3 Å². The smallest absolute Gasteiger partial charge is 0.357 e. The van der Waals surface area contributed by atoms with Crippen LogP contribution in [0.5, 0.6) is 0 Å². The zero-order valence-electron chi connectivity index (χ0n) is 5.92. The Hall–Kier alpha value is -0.505. The quantitative estimate of drug-likeness (QED) is 0.575. The summed E-state index contributed by atoms with van der Waals surface area (Å²) in [6.07, 6.45) is 3.50. The maximum Gasteiger partial charge on any atom is 0.357 e. The Kier molecular flexibility index (Phi) is 2.74. The molecule has 0 spiro atoms. The van der Waals surface area contributed by atoms with Crippen molar-refractivity contribution in [3.8, 4) is 0 Å². The maximum absolute atomic E-state index is 10.2. The van der Waals surface area contributed by atoms with Crippen LogP contribution in [0.3, 0.4) is 0 Å². The average Bonchev–Trinajstić information content (AvgIpc) is 1.88. The van der Waals surface area contributed by atoms with E-state index in [1.807, 2.05) is 4.81 Å². The number of carbonyl (C=O) groups is 1. The van der Waals surface area contributed by atoms with Gasteiger partial charge in [0.15, 0.2) is 0 Å². The fourth-order valence-electron chi connectivity index (χ4n) is 1.20. The molecular formula is C6H11BNO2. The zero-order valence-corrected chi connectivity index (χ0v) is 5.92. The van der Waals surface area contributed by atoms with Gasteiger partial charge in [-0.1, -0.05) is 6.42 Å². The number of carboxylic acid groups (broad SMARTS) is 1. The summed E-state index contributed by atoms with van der Waals surface area (Å²) in [6.45, 7) is 1.82. The first-order valence-corrected chi connectivity index (χ1v) is 3.61. The second kappa shape index (κ2) is 3.61. The molecule has 1 aliphatic heterocycles. The van der Waals surface area contributed by atoms with Gasteiger partial charge in [0, 0.05) is 0 Å². The van der Waals surface area contributed by atoms with Crippen molar-refractivity contribution in [3.05, 3.63) is 0 Å². The van der Waals surface area contributed by atoms with Crippen molar-refractivity contribution in [1.29, 1.82) is 0 Å². The molecule has 0 aromatic carbocycles. The van der Waals surface area contributed by atoms with Crippen LogP contribution in [0.1, 0.15) is 19.3 Å². The SMILES string of the molecule is O=C(O)[B]N1CCCCC1. The van der Waals surface area contributed by atoms with Crippen LogP contribution < -0.4 is 0 Å². The van der Waals surface area contributed by atoms with Crippen molar-refractivity contribution in [2.24, 2.45) is 0 Å². The molecule has 0 aromatic rings. The lowest BCUT2D eigenvalue weighted by Crippen LogP contribution is -2.36. The van der Waals surface area contributed by atoms with Crippen LogP contribution in [-0.2, 0) is 0 Å². The Bertz CT molecular complexity index is 123. The standard InChI is InChI=1S/C6H11BNO2/c9-6(10)7-8-4-2-1-3-5-8/h1-5H2,(H,9,10). The minimum atomic E-state index is -0.832. The Labute approximate surface area is 61.3 Å². The second-order valence-corrected chi connectivity index (χ2v) is 2.56. The molecule has 1 fully saturated rings. The predicted octanol–water partition coefficient (Wildman–Crippen LogP) is 0.769. The minimum absolute atomic E-state index is 0.832. The van der Waals surface area contributed by atoms with Crippen molar-refractivity contribution in [3.63, 3.8) is 0 Å². The number of nitrogens with zero attached hydrogens (tertiary/aromatic N) is 1. The van der Waals surface area contributed by atoms with E-state index in [0.29, 0.717) is 0 Å². The van der Waals surface area contributed by atoms with Gasteiger partial charge in [0.1, 0.15) is 0 Å². The zero-order chi connectivity index (χ0) is 7.40. The van der Waals surface area contributed by atoms with Crippen LogP contribution >= 0.6 is 0 Å². The maximum atomic E-state index is 10.2. The van der Waals surface area contributed by atoms with E-state index in [9.17, 15) is 4.79 Å². The first kappa shape index (κ1) is 7.60. The second-order valence-electron chi connectivity index (χ2n) is 2.56. The summed E-state index contributed by atoms with van der Waals surface area (Å²) in [4.78, 5) is 12.0. The van der Waals surface area contributed by atoms with E-state index in [-0.39, 0.29) is 0 Å². The van der Waals surface area contributed by atoms with Gasteiger partial charge in [-0.15, -0.1) is 0 Å². The number of piperidine rings is 1. The largest absolute Gasteiger partial charge is 0.488 e. The lowest BCUT2D eigenvalue weighted by molar-refractivity contribution is 0.216. The lowest BCUT2D eigenvalue weighted by Gasteiger charge is -2.23. The van der Waals surface area contributed by atoms with Crippen LogP contribution in [0.2, 0.25) is 0 Å². The van der Waals surface area contributed by atoms with Crippen LogP contribution in [0.25, 0.3) is 0 Å². The van der Waals surface area contributed by atoms with Crippen molar-refractivity contribution in [2.45, 2.75) is 19.3 Å². The topological polar surface area (TPSA) is 40.5 Å². The van der Waals surface area contributed by atoms with Crippen molar-refractivity contribution in [2.75, 3.05) is 13.1 Å². The minimum Gasteiger partial charge on any atom is -0.488 e. The van der Waals surface area contributed by atoms with E-state index < -0.39 is 5.87 Å². The molecule has 10 heavy (non-hydrogen) atoms. The number of rotatable bonds is 2. The molecule has 0 bridgehead atoms. The molecule has 0 aromatic heterocycles. The van der Waals surface area contributed by atoms with E-state index in [1.165, 1.54) is 13.8 Å². The molecular weight excluding hydrogens is 129 g/mol. The first-order valence-electron chi connectivity index (χ1n) is 3.61. The highest BCUT2D eigenvalue weighted by Gasteiger charge is 2.14. The fraction of sp³-hybridized carbons (Fsp3) is 0.833. The Balaban J connectivity index is 2.19. The first-order chi connectivity index (χ1) is 4.79. The molecule has 1 radical (unpaired) electrons. The third-order valence-corrected chi connectivity index (χ3v) is 1.68. The average molecular weight is 140 g/mol. The molecule has 55 valence electrons. The Morgan fingerprint density at radius 2 is 1.90 bits per heavy atom. The molecule has 4 heteroatoms. The summed E-state index contributed by atoms with van der Waals surface area (Å²) in [5.74, 6) is -0.832. The monoisotopic (exact) mass is 140 g/mol. The summed E-state index contributed by atoms with van der Waals surface area (Å²) >= 11 is 0. The summed E-state index contributed by atoms with van der Waals surface area (Å²) in [5.41, 5.74) is 0. The van der Waals surface area contributed by atoms with Crippen LogP contribution in [-0.4, -0.2) is 36.3 Å². The highest BCUT2D eigenvalue weighted by atomic mass is 16.4. The molecule has 0 atom stereocenters. The van der Waals surface area contributed by atoms with Gasteiger partial charge in [0.25, 0.3) is 5.87 Å². The van der Waals surface area contributed by atoms with Gasteiger partial charge >= 0.3 is 7.41 Å². The van der Waals surface area contributed by atoms with Crippen molar-refractivity contribution < 1.29 is 9.90 Å². The lowest BCUT2D eigenvalue weighted by atomic mass is 9.89. The molecule has 0 amide bonds. The molecule has 1 aliphatic rings. The molecule has 0 unspecified atom stereocenters. The van der Waals surface area contributed by atoms with E-state index in [2.05, 4.69) is 0 Å². The summed E-state index contributed by atoms with van der Waals surface area (Å²) < 4.78 is 0. The summed E-state index contributed by atoms with van der Waals surface area (Å²) in [5, 5.41) is 8.37. The van der Waals surface area contributed by atoms with Gasteiger partial charge < -0.3 is 9.92 Å². The highest BCUT2D eigenvalue weighted by Crippen LogP contribution is 2.06. The molecule has 1 rings (SSSR count). The Morgan fingerprint density at radius 1 is 1.30 bits per heavy atom. The highest BCUT2D eigenvalue weighted by molar-refractivity contribution is 6.69.